The van der Waals surface area contributed by atoms with Crippen molar-refractivity contribution in [2.75, 3.05) is 6.54 Å². The Morgan fingerprint density at radius 2 is 2.25 bits per heavy atom. The van der Waals surface area contributed by atoms with Crippen LogP contribution >= 0.6 is 0 Å². The Morgan fingerprint density at radius 1 is 1.39 bits per heavy atom. The van der Waals surface area contributed by atoms with Crippen LogP contribution in [0.5, 0.6) is 5.88 Å². The van der Waals surface area contributed by atoms with Crippen LogP contribution in [0.1, 0.15) is 56.3 Å². The van der Waals surface area contributed by atoms with Crippen molar-refractivity contribution in [3.63, 3.8) is 0 Å². The van der Waals surface area contributed by atoms with Gasteiger partial charge in [0.05, 0.1) is 5.56 Å². The van der Waals surface area contributed by atoms with E-state index in [9.17, 15) is 14.4 Å². The first-order chi connectivity index (χ1) is 13.5. The van der Waals surface area contributed by atoms with Gasteiger partial charge in [0.2, 0.25) is 11.8 Å². The number of carbonyl (C=O) groups excluding carboxylic acids is 1. The monoisotopic (exact) mass is 387 g/mol. The van der Waals surface area contributed by atoms with Crippen molar-refractivity contribution in [1.29, 1.82) is 0 Å². The number of hydrogen-bond donors (Lipinski definition) is 3. The molecule has 2 atom stereocenters. The smallest absolute Gasteiger partial charge is 0.328 e. The average molecular weight is 387 g/mol. The zero-order chi connectivity index (χ0) is 19.7. The Kier molecular flexibility index (Phi) is 4.82. The van der Waals surface area contributed by atoms with Crippen molar-refractivity contribution in [1.82, 2.24) is 24.8 Å². The fraction of sp³-hybridized carbons (Fsp3) is 0.579. The molecule has 2 aromatic rings. The largest absolute Gasteiger partial charge is 0.471 e. The quantitative estimate of drug-likeness (QED) is 0.677. The molecule has 150 valence electrons. The van der Waals surface area contributed by atoms with E-state index < -0.39 is 11.3 Å². The summed E-state index contributed by atoms with van der Waals surface area (Å²) in [6, 6.07) is 0. The summed E-state index contributed by atoms with van der Waals surface area (Å²) in [5.74, 6) is 1.02. The third-order valence-electron chi connectivity index (χ3n) is 5.88. The van der Waals surface area contributed by atoms with Gasteiger partial charge in [-0.1, -0.05) is 13.3 Å². The highest BCUT2D eigenvalue weighted by molar-refractivity contribution is 5.75. The average Bonchev–Trinajstić information content (AvgIpc) is 3.22. The van der Waals surface area contributed by atoms with E-state index in [1.165, 1.54) is 0 Å². The van der Waals surface area contributed by atoms with Crippen LogP contribution in [0.2, 0.25) is 0 Å². The van der Waals surface area contributed by atoms with Crippen LogP contribution in [0, 0.1) is 0 Å². The summed E-state index contributed by atoms with van der Waals surface area (Å²) in [6.45, 7) is 2.68. The van der Waals surface area contributed by atoms with Crippen molar-refractivity contribution >= 4 is 5.91 Å². The molecule has 0 radical (unpaired) electrons. The molecule has 1 saturated carbocycles. The summed E-state index contributed by atoms with van der Waals surface area (Å²) in [6.07, 6.45) is 8.49. The summed E-state index contributed by atoms with van der Waals surface area (Å²) in [7, 11) is 0. The predicted octanol–water partition coefficient (Wildman–Crippen LogP) is 0.817. The number of nitrogens with zero attached hydrogens (tertiary/aromatic N) is 2. The van der Waals surface area contributed by atoms with Gasteiger partial charge in [-0.15, -0.1) is 0 Å². The maximum atomic E-state index is 12.3. The number of H-pyrrole nitrogens is 2. The minimum Gasteiger partial charge on any atom is -0.471 e. The molecule has 3 heterocycles. The highest BCUT2D eigenvalue weighted by atomic mass is 16.5. The number of imidazole rings is 1. The zero-order valence-electron chi connectivity index (χ0n) is 15.9. The minimum absolute atomic E-state index is 0.0610. The molecule has 1 fully saturated rings. The SMILES string of the molecule is CCc1nccn1CC(=O)NCC[C@@]12CCCC[C@@H]1c1c([nH]c(=O)[nH]c1=O)O2. The molecule has 3 N–H and O–H groups in total. The van der Waals surface area contributed by atoms with Gasteiger partial charge >= 0.3 is 5.69 Å². The van der Waals surface area contributed by atoms with Gasteiger partial charge in [0.1, 0.15) is 18.0 Å². The standard InChI is InChI=1S/C19H25N5O4/c1-2-13-20-9-10-24(13)11-14(25)21-8-7-19-6-4-3-5-12(19)15-16(26)22-18(27)23-17(15)28-19/h9-10,12H,2-8,11H2,1H3,(H,21,25)(H2,22,23,26,27)/t12-,19+/m1/s1. The van der Waals surface area contributed by atoms with E-state index in [0.29, 0.717) is 18.5 Å². The third kappa shape index (κ3) is 3.25. The van der Waals surface area contributed by atoms with Crippen LogP contribution in [-0.4, -0.2) is 37.6 Å². The van der Waals surface area contributed by atoms with Gasteiger partial charge in [0.15, 0.2) is 0 Å². The lowest BCUT2D eigenvalue weighted by molar-refractivity contribution is -0.121. The van der Waals surface area contributed by atoms with Crippen LogP contribution < -0.4 is 21.3 Å². The predicted molar refractivity (Wildman–Crippen MR) is 101 cm³/mol. The van der Waals surface area contributed by atoms with Gasteiger partial charge in [0.25, 0.3) is 5.56 Å². The number of aryl methyl sites for hydroxylation is 1. The molecule has 4 rings (SSSR count). The maximum Gasteiger partial charge on any atom is 0.328 e. The van der Waals surface area contributed by atoms with Gasteiger partial charge < -0.3 is 14.6 Å². The summed E-state index contributed by atoms with van der Waals surface area (Å²) < 4.78 is 7.98. The molecule has 1 aliphatic carbocycles. The second kappa shape index (κ2) is 7.29. The van der Waals surface area contributed by atoms with Crippen molar-refractivity contribution in [3.05, 3.63) is 44.6 Å². The molecule has 28 heavy (non-hydrogen) atoms. The molecule has 1 amide bonds. The maximum absolute atomic E-state index is 12.3. The van der Waals surface area contributed by atoms with Crippen LogP contribution in [0.25, 0.3) is 0 Å². The van der Waals surface area contributed by atoms with E-state index in [2.05, 4.69) is 20.3 Å². The Labute approximate surface area is 161 Å². The summed E-state index contributed by atoms with van der Waals surface area (Å²) >= 11 is 0. The van der Waals surface area contributed by atoms with Crippen LogP contribution in [-0.2, 0) is 17.8 Å². The number of amides is 1. The Balaban J connectivity index is 1.44. The fourth-order valence-corrected chi connectivity index (χ4v) is 4.59. The normalized spacial score (nSPS) is 23.0. The van der Waals surface area contributed by atoms with E-state index >= 15 is 0 Å². The number of aromatic nitrogens is 4. The summed E-state index contributed by atoms with van der Waals surface area (Å²) in [5, 5.41) is 2.95. The Morgan fingerprint density at radius 3 is 3.07 bits per heavy atom. The molecule has 2 aliphatic rings. The summed E-state index contributed by atoms with van der Waals surface area (Å²) in [5.41, 5.74) is -0.937. The molecule has 2 aromatic heterocycles. The molecular weight excluding hydrogens is 362 g/mol. The summed E-state index contributed by atoms with van der Waals surface area (Å²) in [4.78, 5) is 45.4. The van der Waals surface area contributed by atoms with E-state index in [1.807, 2.05) is 11.5 Å². The lowest BCUT2D eigenvalue weighted by atomic mass is 9.72. The van der Waals surface area contributed by atoms with Crippen molar-refractivity contribution in [2.24, 2.45) is 0 Å². The molecule has 0 spiro atoms. The van der Waals surface area contributed by atoms with Gasteiger partial charge in [-0.3, -0.25) is 19.6 Å². The van der Waals surface area contributed by atoms with Crippen molar-refractivity contribution in [3.8, 4) is 5.88 Å². The first-order valence-electron chi connectivity index (χ1n) is 9.84. The minimum atomic E-state index is -0.557. The van der Waals surface area contributed by atoms with Gasteiger partial charge in [-0.25, -0.2) is 9.78 Å². The van der Waals surface area contributed by atoms with Crippen LogP contribution in [0.15, 0.2) is 22.0 Å². The van der Waals surface area contributed by atoms with Gasteiger partial charge in [-0.05, 0) is 19.3 Å². The molecule has 0 aromatic carbocycles. The number of nitrogens with one attached hydrogen (secondary N) is 3. The number of rotatable bonds is 6. The van der Waals surface area contributed by atoms with E-state index in [-0.39, 0.29) is 29.8 Å². The fourth-order valence-electron chi connectivity index (χ4n) is 4.59. The van der Waals surface area contributed by atoms with Crippen LogP contribution in [0.3, 0.4) is 0 Å². The molecular formula is C19H25N5O4. The molecule has 0 saturated heterocycles. The molecule has 9 nitrogen and oxygen atoms in total. The second-order valence-corrected chi connectivity index (χ2v) is 7.54. The highest BCUT2D eigenvalue weighted by Crippen LogP contribution is 2.51. The highest BCUT2D eigenvalue weighted by Gasteiger charge is 2.51. The van der Waals surface area contributed by atoms with E-state index in [1.54, 1.807) is 12.4 Å². The Hall–Kier alpha value is -2.84. The third-order valence-corrected chi connectivity index (χ3v) is 5.88. The van der Waals surface area contributed by atoms with Gasteiger partial charge in [-0.2, -0.15) is 0 Å². The number of aromatic amines is 2. The first kappa shape index (κ1) is 18.5. The number of fused-ring (bicyclic) bond motifs is 3. The second-order valence-electron chi connectivity index (χ2n) is 7.54. The lowest BCUT2D eigenvalue weighted by Crippen LogP contribution is -2.44. The number of carbonyl (C=O) groups is 1. The number of ether oxygens (including phenoxy) is 1. The van der Waals surface area contributed by atoms with E-state index in [4.69, 9.17) is 4.74 Å². The zero-order valence-corrected chi connectivity index (χ0v) is 15.9. The van der Waals surface area contributed by atoms with Crippen molar-refractivity contribution in [2.45, 2.75) is 63.5 Å². The Bertz CT molecular complexity index is 991. The molecule has 1 aliphatic heterocycles. The van der Waals surface area contributed by atoms with Gasteiger partial charge in [0, 0.05) is 37.7 Å². The molecule has 9 heteroatoms. The van der Waals surface area contributed by atoms with Crippen LogP contribution in [0.4, 0.5) is 0 Å². The first-order valence-corrected chi connectivity index (χ1v) is 9.84. The topological polar surface area (TPSA) is 122 Å². The lowest BCUT2D eigenvalue weighted by Gasteiger charge is -2.38. The number of hydrogen-bond acceptors (Lipinski definition) is 5. The molecule has 0 bridgehead atoms. The van der Waals surface area contributed by atoms with E-state index in [0.717, 1.165) is 37.9 Å². The van der Waals surface area contributed by atoms with Crippen molar-refractivity contribution < 1.29 is 9.53 Å². The molecule has 0 unspecified atom stereocenters.